The molecule has 33 heavy (non-hydrogen) atoms. The number of amides is 3. The molecule has 1 atom stereocenters. The minimum atomic E-state index is -0.873. The number of halogens is 1. The van der Waals surface area contributed by atoms with Gasteiger partial charge in [-0.2, -0.15) is 0 Å². The molecule has 3 rings (SSSR count). The molecule has 0 aliphatic carbocycles. The fourth-order valence-electron chi connectivity index (χ4n) is 4.01. The summed E-state index contributed by atoms with van der Waals surface area (Å²) >= 11 is 0. The molecule has 0 unspecified atom stereocenters. The third-order valence-electron chi connectivity index (χ3n) is 5.78. The topological polar surface area (TPSA) is 137 Å². The van der Waals surface area contributed by atoms with E-state index in [1.165, 1.54) is 4.90 Å². The Bertz CT molecular complexity index is 959. The second-order valence-corrected chi connectivity index (χ2v) is 8.21. The van der Waals surface area contributed by atoms with Crippen molar-refractivity contribution >= 4 is 30.2 Å². The molecule has 1 aliphatic heterocycles. The summed E-state index contributed by atoms with van der Waals surface area (Å²) in [6.07, 6.45) is 4.24. The summed E-state index contributed by atoms with van der Waals surface area (Å²) in [5.74, 6) is -0.532. The fraction of sp³-hybridized carbons (Fsp3) is 0.375. The van der Waals surface area contributed by atoms with Crippen molar-refractivity contribution in [3.05, 3.63) is 65.2 Å². The van der Waals surface area contributed by atoms with Gasteiger partial charge < -0.3 is 26.4 Å². The van der Waals surface area contributed by atoms with Gasteiger partial charge in [-0.3, -0.25) is 10.2 Å². The molecule has 6 N–H and O–H groups in total. The highest BCUT2D eigenvalue weighted by molar-refractivity contribution is 5.95. The molecule has 0 spiro atoms. The Morgan fingerprint density at radius 2 is 1.64 bits per heavy atom. The van der Waals surface area contributed by atoms with Gasteiger partial charge in [0, 0.05) is 31.6 Å². The van der Waals surface area contributed by atoms with Gasteiger partial charge in [-0.05, 0) is 42.2 Å². The standard InChI is InChI=1S/C24H31N5O3.ClH/c25-22(26)19-7-5-6-18(14-19)15-21(23(27)31)29(16-17-8-10-20(30)11-9-17)24(32)28-12-3-1-2-4-13-28;/h5-11,14,21,30H,1-4,12-13,15-16H2,(H3,25,26)(H2,27,31);1H/t21-;/m1./s1. The predicted molar refractivity (Wildman–Crippen MR) is 130 cm³/mol. The zero-order valence-electron chi connectivity index (χ0n) is 18.6. The number of nitrogens with two attached hydrogens (primary N) is 2. The number of nitrogens with one attached hydrogen (secondary N) is 1. The minimum Gasteiger partial charge on any atom is -0.508 e. The molecule has 1 fully saturated rings. The van der Waals surface area contributed by atoms with Crippen LogP contribution >= 0.6 is 12.4 Å². The first-order chi connectivity index (χ1) is 15.3. The summed E-state index contributed by atoms with van der Waals surface area (Å²) in [6.45, 7) is 1.49. The summed E-state index contributed by atoms with van der Waals surface area (Å²) in [6, 6.07) is 12.5. The predicted octanol–water partition coefficient (Wildman–Crippen LogP) is 2.99. The van der Waals surface area contributed by atoms with Gasteiger partial charge in [-0.25, -0.2) is 4.79 Å². The maximum atomic E-state index is 13.6. The molecular weight excluding hydrogens is 442 g/mol. The monoisotopic (exact) mass is 473 g/mol. The Morgan fingerprint density at radius 3 is 2.21 bits per heavy atom. The van der Waals surface area contributed by atoms with Crippen molar-refractivity contribution in [2.75, 3.05) is 13.1 Å². The first-order valence-electron chi connectivity index (χ1n) is 10.9. The molecule has 0 aromatic heterocycles. The van der Waals surface area contributed by atoms with Gasteiger partial charge in [0.1, 0.15) is 17.6 Å². The largest absolute Gasteiger partial charge is 0.508 e. The highest BCUT2D eigenvalue weighted by atomic mass is 35.5. The smallest absolute Gasteiger partial charge is 0.321 e. The zero-order valence-corrected chi connectivity index (χ0v) is 19.4. The van der Waals surface area contributed by atoms with Gasteiger partial charge in [0.2, 0.25) is 5.91 Å². The number of urea groups is 1. The van der Waals surface area contributed by atoms with Crippen LogP contribution in [0.15, 0.2) is 48.5 Å². The van der Waals surface area contributed by atoms with Crippen LogP contribution in [0.5, 0.6) is 5.75 Å². The van der Waals surface area contributed by atoms with Gasteiger partial charge in [-0.15, -0.1) is 12.4 Å². The van der Waals surface area contributed by atoms with E-state index in [-0.39, 0.29) is 43.0 Å². The van der Waals surface area contributed by atoms with E-state index in [0.29, 0.717) is 18.7 Å². The quantitative estimate of drug-likeness (QED) is 0.363. The molecule has 1 heterocycles. The van der Waals surface area contributed by atoms with Crippen molar-refractivity contribution in [3.8, 4) is 5.75 Å². The van der Waals surface area contributed by atoms with E-state index in [1.54, 1.807) is 47.4 Å². The number of carbonyl (C=O) groups excluding carboxylic acids is 2. The van der Waals surface area contributed by atoms with E-state index in [0.717, 1.165) is 36.8 Å². The van der Waals surface area contributed by atoms with E-state index in [1.807, 2.05) is 6.07 Å². The van der Waals surface area contributed by atoms with Gasteiger partial charge >= 0.3 is 6.03 Å². The Balaban J connectivity index is 0.00000385. The van der Waals surface area contributed by atoms with Crippen molar-refractivity contribution in [3.63, 3.8) is 0 Å². The molecule has 8 nitrogen and oxygen atoms in total. The van der Waals surface area contributed by atoms with Crippen molar-refractivity contribution in [2.24, 2.45) is 11.5 Å². The first kappa shape index (κ1) is 26.0. The zero-order chi connectivity index (χ0) is 23.1. The molecule has 0 radical (unpaired) electrons. The van der Waals surface area contributed by atoms with Crippen LogP contribution in [0.3, 0.4) is 0 Å². The molecule has 1 aliphatic rings. The summed E-state index contributed by atoms with van der Waals surface area (Å²) < 4.78 is 0. The molecule has 9 heteroatoms. The third-order valence-corrected chi connectivity index (χ3v) is 5.78. The van der Waals surface area contributed by atoms with Crippen LogP contribution in [-0.2, 0) is 17.8 Å². The number of phenols is 1. The van der Waals surface area contributed by atoms with Crippen molar-refractivity contribution in [1.29, 1.82) is 5.41 Å². The maximum Gasteiger partial charge on any atom is 0.321 e. The van der Waals surface area contributed by atoms with Crippen LogP contribution in [0.25, 0.3) is 0 Å². The maximum absolute atomic E-state index is 13.6. The lowest BCUT2D eigenvalue weighted by atomic mass is 10.0. The summed E-state index contributed by atoms with van der Waals surface area (Å²) in [5, 5.41) is 17.3. The van der Waals surface area contributed by atoms with Crippen molar-refractivity contribution in [2.45, 2.75) is 44.7 Å². The number of likely N-dealkylation sites (tertiary alicyclic amines) is 1. The van der Waals surface area contributed by atoms with E-state index >= 15 is 0 Å². The molecule has 2 aromatic rings. The summed E-state index contributed by atoms with van der Waals surface area (Å²) in [5.41, 5.74) is 13.5. The number of hydrogen-bond donors (Lipinski definition) is 4. The third kappa shape index (κ3) is 7.12. The lowest BCUT2D eigenvalue weighted by Gasteiger charge is -2.34. The number of hydrogen-bond acceptors (Lipinski definition) is 4. The van der Waals surface area contributed by atoms with Crippen LogP contribution in [-0.4, -0.2) is 51.8 Å². The van der Waals surface area contributed by atoms with Crippen LogP contribution in [0.2, 0.25) is 0 Å². The van der Waals surface area contributed by atoms with Crippen molar-refractivity contribution in [1.82, 2.24) is 9.80 Å². The molecular formula is C24H32ClN5O3. The highest BCUT2D eigenvalue weighted by Crippen LogP contribution is 2.20. The van der Waals surface area contributed by atoms with Gasteiger partial charge in [0.05, 0.1) is 0 Å². The highest BCUT2D eigenvalue weighted by Gasteiger charge is 2.32. The molecule has 3 amide bonds. The van der Waals surface area contributed by atoms with E-state index in [9.17, 15) is 14.7 Å². The minimum absolute atomic E-state index is 0. The number of benzene rings is 2. The fourth-order valence-corrected chi connectivity index (χ4v) is 4.01. The van der Waals surface area contributed by atoms with Gasteiger partial charge in [0.15, 0.2) is 0 Å². The number of rotatable bonds is 7. The molecule has 178 valence electrons. The Morgan fingerprint density at radius 1 is 1.00 bits per heavy atom. The van der Waals surface area contributed by atoms with Gasteiger partial charge in [-0.1, -0.05) is 43.2 Å². The number of aromatic hydroxyl groups is 1. The lowest BCUT2D eigenvalue weighted by Crippen LogP contribution is -2.53. The SMILES string of the molecule is Cl.N=C(N)c1cccc(C[C@H](C(N)=O)N(Cc2ccc(O)cc2)C(=O)N2CCCCCC2)c1. The number of primary amides is 1. The average Bonchev–Trinajstić information content (AvgIpc) is 3.06. The van der Waals surface area contributed by atoms with E-state index in [4.69, 9.17) is 16.9 Å². The van der Waals surface area contributed by atoms with Crippen LogP contribution in [0.4, 0.5) is 4.79 Å². The molecule has 2 aromatic carbocycles. The molecule has 0 bridgehead atoms. The first-order valence-corrected chi connectivity index (χ1v) is 10.9. The van der Waals surface area contributed by atoms with E-state index < -0.39 is 11.9 Å². The number of nitrogens with zero attached hydrogens (tertiary/aromatic N) is 2. The van der Waals surface area contributed by atoms with Crippen LogP contribution in [0.1, 0.15) is 42.4 Å². The van der Waals surface area contributed by atoms with Gasteiger partial charge in [0.25, 0.3) is 0 Å². The number of nitrogen functional groups attached to an aromatic ring is 1. The summed E-state index contributed by atoms with van der Waals surface area (Å²) in [4.78, 5) is 29.5. The Hall–Kier alpha value is -3.26. The normalized spacial score (nSPS) is 14.5. The van der Waals surface area contributed by atoms with Crippen LogP contribution < -0.4 is 11.5 Å². The second kappa shape index (κ2) is 12.1. The molecule has 0 saturated carbocycles. The number of phenolic OH excluding ortho intramolecular Hbond substituents is 1. The van der Waals surface area contributed by atoms with E-state index in [2.05, 4.69) is 0 Å². The number of amidine groups is 1. The second-order valence-electron chi connectivity index (χ2n) is 8.21. The van der Waals surface area contributed by atoms with Crippen molar-refractivity contribution < 1.29 is 14.7 Å². The Kier molecular flexibility index (Phi) is 9.54. The van der Waals surface area contributed by atoms with Crippen LogP contribution in [0, 0.1) is 5.41 Å². The average molecular weight is 474 g/mol. The molecule has 1 saturated heterocycles. The lowest BCUT2D eigenvalue weighted by molar-refractivity contribution is -0.122. The Labute approximate surface area is 200 Å². The summed E-state index contributed by atoms with van der Waals surface area (Å²) in [7, 11) is 0. The number of carbonyl (C=O) groups is 2.